The number of aryl methyl sites for hydroxylation is 1. The largest absolute Gasteiger partial charge is 0.468 e. The number of methoxy groups -OCH3 is 1. The lowest BCUT2D eigenvalue weighted by Crippen LogP contribution is -3.16. The molecule has 1 aromatic carbocycles. The summed E-state index contributed by atoms with van der Waals surface area (Å²) < 4.78 is 4.51. The quantitative estimate of drug-likeness (QED) is 0.704. The zero-order valence-corrected chi connectivity index (χ0v) is 14.1. The molecule has 1 aliphatic rings. The van der Waals surface area contributed by atoms with Gasteiger partial charge in [0.2, 0.25) is 0 Å². The van der Waals surface area contributed by atoms with Gasteiger partial charge in [-0.25, -0.2) is 0 Å². The van der Waals surface area contributed by atoms with E-state index in [9.17, 15) is 9.59 Å². The Morgan fingerprint density at radius 2 is 1.96 bits per heavy atom. The van der Waals surface area contributed by atoms with E-state index in [0.29, 0.717) is 6.54 Å². The van der Waals surface area contributed by atoms with Gasteiger partial charge in [-0.2, -0.15) is 0 Å². The average molecular weight is 320 g/mol. The Labute approximate surface area is 137 Å². The van der Waals surface area contributed by atoms with Gasteiger partial charge >= 0.3 is 5.97 Å². The van der Waals surface area contributed by atoms with Crippen LogP contribution in [0.25, 0.3) is 0 Å². The lowest BCUT2D eigenvalue weighted by atomic mass is 10.1. The van der Waals surface area contributed by atoms with Crippen LogP contribution in [0.5, 0.6) is 0 Å². The average Bonchev–Trinajstić information content (AvgIpc) is 2.56. The third-order valence-corrected chi connectivity index (χ3v) is 4.46. The molecule has 0 aliphatic carbocycles. The second-order valence-electron chi connectivity index (χ2n) is 5.99. The SMILES string of the molecule is COC(=O)CNC(=O)C[NH+]1CCN(c2cccc(C)c2C)CC1. The highest BCUT2D eigenvalue weighted by Crippen LogP contribution is 2.22. The highest BCUT2D eigenvalue weighted by Gasteiger charge is 2.23. The van der Waals surface area contributed by atoms with Crippen molar-refractivity contribution in [3.8, 4) is 0 Å². The van der Waals surface area contributed by atoms with Gasteiger partial charge < -0.3 is 19.9 Å². The lowest BCUT2D eigenvalue weighted by molar-refractivity contribution is -0.892. The molecule has 0 bridgehead atoms. The molecule has 0 aromatic heterocycles. The third-order valence-electron chi connectivity index (χ3n) is 4.46. The molecular formula is C17H26N3O3+. The Balaban J connectivity index is 1.81. The number of hydrogen-bond donors (Lipinski definition) is 2. The number of hydrogen-bond acceptors (Lipinski definition) is 4. The number of carbonyl (C=O) groups excluding carboxylic acids is 2. The van der Waals surface area contributed by atoms with Crippen molar-refractivity contribution in [2.45, 2.75) is 13.8 Å². The van der Waals surface area contributed by atoms with E-state index >= 15 is 0 Å². The summed E-state index contributed by atoms with van der Waals surface area (Å²) in [5.74, 6) is -0.529. The summed E-state index contributed by atoms with van der Waals surface area (Å²) in [5.41, 5.74) is 3.92. The molecule has 23 heavy (non-hydrogen) atoms. The molecule has 0 saturated carbocycles. The van der Waals surface area contributed by atoms with Crippen molar-refractivity contribution in [1.82, 2.24) is 5.32 Å². The minimum atomic E-state index is -0.423. The highest BCUT2D eigenvalue weighted by atomic mass is 16.5. The third kappa shape index (κ3) is 4.69. The van der Waals surface area contributed by atoms with Crippen LogP contribution in [0.15, 0.2) is 18.2 Å². The number of nitrogens with zero attached hydrogens (tertiary/aromatic N) is 1. The summed E-state index contributed by atoms with van der Waals surface area (Å²) in [6.45, 7) is 8.33. The minimum Gasteiger partial charge on any atom is -0.468 e. The van der Waals surface area contributed by atoms with Gasteiger partial charge in [-0.05, 0) is 31.0 Å². The van der Waals surface area contributed by atoms with Gasteiger partial charge in [0.15, 0.2) is 6.54 Å². The second kappa shape index (κ2) is 7.97. The van der Waals surface area contributed by atoms with Crippen molar-refractivity contribution >= 4 is 17.6 Å². The van der Waals surface area contributed by atoms with Crippen molar-refractivity contribution in [2.24, 2.45) is 0 Å². The van der Waals surface area contributed by atoms with Crippen LogP contribution < -0.4 is 15.1 Å². The number of piperazine rings is 1. The maximum atomic E-state index is 11.8. The monoisotopic (exact) mass is 320 g/mol. The van der Waals surface area contributed by atoms with E-state index in [1.165, 1.54) is 28.8 Å². The normalized spacial score (nSPS) is 15.3. The summed E-state index contributed by atoms with van der Waals surface area (Å²) in [6, 6.07) is 6.39. The first-order valence-corrected chi connectivity index (χ1v) is 7.99. The van der Waals surface area contributed by atoms with Crippen LogP contribution in [0.2, 0.25) is 0 Å². The van der Waals surface area contributed by atoms with Crippen molar-refractivity contribution in [2.75, 3.05) is 51.3 Å². The number of carbonyl (C=O) groups is 2. The number of amides is 1. The minimum absolute atomic E-state index is 0.0583. The van der Waals surface area contributed by atoms with Crippen LogP contribution in [-0.4, -0.2) is 58.3 Å². The van der Waals surface area contributed by atoms with Crippen LogP contribution in [-0.2, 0) is 14.3 Å². The summed E-state index contributed by atoms with van der Waals surface area (Å²) in [4.78, 5) is 26.5. The standard InChI is InChI=1S/C17H25N3O3/c1-13-5-4-6-15(14(13)2)20-9-7-19(8-10-20)12-16(21)18-11-17(22)23-3/h4-6H,7-12H2,1-3H3,(H,18,21)/p+1. The van der Waals surface area contributed by atoms with E-state index in [2.05, 4.69) is 47.0 Å². The molecule has 1 fully saturated rings. The zero-order valence-electron chi connectivity index (χ0n) is 14.1. The predicted molar refractivity (Wildman–Crippen MR) is 88.7 cm³/mol. The molecule has 0 radical (unpaired) electrons. The molecule has 1 aromatic rings. The number of anilines is 1. The molecule has 126 valence electrons. The molecule has 2 N–H and O–H groups in total. The van der Waals surface area contributed by atoms with Crippen molar-refractivity contribution in [3.05, 3.63) is 29.3 Å². The van der Waals surface area contributed by atoms with Gasteiger partial charge in [-0.3, -0.25) is 9.59 Å². The number of quaternary nitrogens is 1. The van der Waals surface area contributed by atoms with Crippen molar-refractivity contribution < 1.29 is 19.2 Å². The van der Waals surface area contributed by atoms with Crippen LogP contribution in [0.4, 0.5) is 5.69 Å². The van der Waals surface area contributed by atoms with Gasteiger partial charge in [-0.1, -0.05) is 12.1 Å². The number of benzene rings is 1. The molecule has 1 aliphatic heterocycles. The van der Waals surface area contributed by atoms with Crippen molar-refractivity contribution in [1.29, 1.82) is 0 Å². The van der Waals surface area contributed by atoms with E-state index < -0.39 is 5.97 Å². The number of nitrogens with one attached hydrogen (secondary N) is 2. The second-order valence-corrected chi connectivity index (χ2v) is 5.99. The van der Waals surface area contributed by atoms with Crippen LogP contribution >= 0.6 is 0 Å². The van der Waals surface area contributed by atoms with E-state index in [4.69, 9.17) is 0 Å². The van der Waals surface area contributed by atoms with E-state index in [-0.39, 0.29) is 12.5 Å². The molecule has 6 heteroatoms. The maximum Gasteiger partial charge on any atom is 0.325 e. The summed E-state index contributed by atoms with van der Waals surface area (Å²) >= 11 is 0. The van der Waals surface area contributed by atoms with Gasteiger partial charge in [-0.15, -0.1) is 0 Å². The molecule has 0 unspecified atom stereocenters. The van der Waals surface area contributed by atoms with Gasteiger partial charge in [0.25, 0.3) is 5.91 Å². The summed E-state index contributed by atoms with van der Waals surface area (Å²) in [7, 11) is 1.31. The van der Waals surface area contributed by atoms with E-state index in [0.717, 1.165) is 26.2 Å². The Morgan fingerprint density at radius 3 is 2.61 bits per heavy atom. The number of ether oxygens (including phenoxy) is 1. The molecule has 0 spiro atoms. The van der Waals surface area contributed by atoms with Gasteiger partial charge in [0.1, 0.15) is 6.54 Å². The first-order valence-electron chi connectivity index (χ1n) is 7.99. The fourth-order valence-electron chi connectivity index (χ4n) is 2.85. The summed E-state index contributed by atoms with van der Waals surface area (Å²) in [5, 5.41) is 2.59. The fraction of sp³-hybridized carbons (Fsp3) is 0.529. The van der Waals surface area contributed by atoms with E-state index in [1.807, 2.05) is 0 Å². The smallest absolute Gasteiger partial charge is 0.325 e. The molecule has 0 atom stereocenters. The predicted octanol–water partition coefficient (Wildman–Crippen LogP) is -0.702. The molecule has 1 heterocycles. The zero-order chi connectivity index (χ0) is 16.8. The Bertz CT molecular complexity index is 566. The molecule has 2 rings (SSSR count). The maximum absolute atomic E-state index is 11.8. The lowest BCUT2D eigenvalue weighted by Gasteiger charge is -2.34. The Kier molecular flexibility index (Phi) is 5.98. The number of rotatable bonds is 5. The fourth-order valence-corrected chi connectivity index (χ4v) is 2.85. The van der Waals surface area contributed by atoms with E-state index in [1.54, 1.807) is 0 Å². The highest BCUT2D eigenvalue weighted by molar-refractivity contribution is 5.82. The Hall–Kier alpha value is -2.08. The topological polar surface area (TPSA) is 63.1 Å². The van der Waals surface area contributed by atoms with Crippen molar-refractivity contribution in [3.63, 3.8) is 0 Å². The molecular weight excluding hydrogens is 294 g/mol. The van der Waals surface area contributed by atoms with Crippen LogP contribution in [0.1, 0.15) is 11.1 Å². The molecule has 1 saturated heterocycles. The Morgan fingerprint density at radius 1 is 1.26 bits per heavy atom. The van der Waals surface area contributed by atoms with Gasteiger partial charge in [0.05, 0.1) is 33.3 Å². The van der Waals surface area contributed by atoms with Gasteiger partial charge in [0, 0.05) is 5.69 Å². The summed E-state index contributed by atoms with van der Waals surface area (Å²) in [6.07, 6.45) is 0. The molecule has 6 nitrogen and oxygen atoms in total. The van der Waals surface area contributed by atoms with Crippen LogP contribution in [0, 0.1) is 13.8 Å². The van der Waals surface area contributed by atoms with Crippen LogP contribution in [0.3, 0.4) is 0 Å². The number of esters is 1. The first-order chi connectivity index (χ1) is 11.0. The molecule has 1 amide bonds. The first kappa shape index (κ1) is 17.3.